The maximum atomic E-state index is 9.64. The van der Waals surface area contributed by atoms with Crippen LogP contribution >= 0.6 is 0 Å². The molecule has 0 aliphatic rings. The lowest BCUT2D eigenvalue weighted by atomic mass is 10.0. The molecule has 0 heterocycles. The van der Waals surface area contributed by atoms with Gasteiger partial charge in [-0.15, -0.1) is 0 Å². The van der Waals surface area contributed by atoms with Crippen molar-refractivity contribution < 1.29 is 10.2 Å². The molecule has 0 saturated heterocycles. The molecule has 0 aromatic carbocycles. The third-order valence-electron chi connectivity index (χ3n) is 4.81. The van der Waals surface area contributed by atoms with Crippen molar-refractivity contribution in [3.05, 3.63) is 0 Å². The van der Waals surface area contributed by atoms with Gasteiger partial charge >= 0.3 is 0 Å². The molecule has 140 valence electrons. The van der Waals surface area contributed by atoms with Crippen LogP contribution < -0.4 is 5.73 Å². The predicted molar refractivity (Wildman–Crippen MR) is 101 cm³/mol. The third-order valence-corrected chi connectivity index (χ3v) is 4.81. The van der Waals surface area contributed by atoms with Gasteiger partial charge in [0.2, 0.25) is 0 Å². The Bertz CT molecular complexity index is 224. The fraction of sp³-hybridized carbons (Fsp3) is 1.00. The van der Waals surface area contributed by atoms with Crippen molar-refractivity contribution in [1.82, 2.24) is 0 Å². The molecule has 0 aromatic rings. The molecule has 0 fully saturated rings. The van der Waals surface area contributed by atoms with Crippen molar-refractivity contribution in [1.29, 1.82) is 0 Å². The number of aliphatic hydroxyl groups excluding tert-OH is 2. The fourth-order valence-electron chi connectivity index (χ4n) is 3.06. The van der Waals surface area contributed by atoms with Crippen molar-refractivity contribution in [3.63, 3.8) is 0 Å². The van der Waals surface area contributed by atoms with Crippen LogP contribution in [-0.4, -0.2) is 29.0 Å². The highest BCUT2D eigenvalue weighted by Crippen LogP contribution is 2.14. The molecule has 3 nitrogen and oxygen atoms in total. The van der Waals surface area contributed by atoms with E-state index in [-0.39, 0.29) is 6.61 Å². The van der Waals surface area contributed by atoms with E-state index in [0.717, 1.165) is 12.8 Å². The SMILES string of the molecule is CCCCCCCCCCCCCCCCC[C@@H](O)[C@@H](N)CO. The van der Waals surface area contributed by atoms with E-state index in [9.17, 15) is 5.11 Å². The van der Waals surface area contributed by atoms with Gasteiger partial charge in [0.1, 0.15) is 0 Å². The van der Waals surface area contributed by atoms with Crippen LogP contribution in [0.2, 0.25) is 0 Å². The summed E-state index contributed by atoms with van der Waals surface area (Å²) in [5, 5.41) is 18.5. The summed E-state index contributed by atoms with van der Waals surface area (Å²) in [6, 6.07) is -0.471. The van der Waals surface area contributed by atoms with Crippen LogP contribution in [0.5, 0.6) is 0 Å². The average molecular weight is 330 g/mol. The molecule has 3 heteroatoms. The summed E-state index contributed by atoms with van der Waals surface area (Å²) in [4.78, 5) is 0. The largest absolute Gasteiger partial charge is 0.395 e. The molecule has 0 amide bonds. The Hall–Kier alpha value is -0.120. The standard InChI is InChI=1S/C20H43NO2/c1-2-3-4-5-6-7-8-9-10-11-12-13-14-15-16-17-20(23)19(21)18-22/h19-20,22-23H,2-18,21H2,1H3/t19-,20+/m0/s1. The molecule has 23 heavy (non-hydrogen) atoms. The molecule has 0 aliphatic carbocycles. The second kappa shape index (κ2) is 18.2. The molecule has 0 radical (unpaired) electrons. The average Bonchev–Trinajstić information content (AvgIpc) is 2.57. The highest BCUT2D eigenvalue weighted by molar-refractivity contribution is 4.70. The van der Waals surface area contributed by atoms with E-state index in [4.69, 9.17) is 10.8 Å². The zero-order chi connectivity index (χ0) is 17.2. The maximum absolute atomic E-state index is 9.64. The maximum Gasteiger partial charge on any atom is 0.0713 e. The van der Waals surface area contributed by atoms with Crippen molar-refractivity contribution in [2.75, 3.05) is 6.61 Å². The van der Waals surface area contributed by atoms with Crippen molar-refractivity contribution in [3.8, 4) is 0 Å². The molecular weight excluding hydrogens is 286 g/mol. The lowest BCUT2D eigenvalue weighted by molar-refractivity contribution is 0.0990. The zero-order valence-corrected chi connectivity index (χ0v) is 15.6. The number of hydrogen-bond acceptors (Lipinski definition) is 3. The summed E-state index contributed by atoms with van der Waals surface area (Å²) in [7, 11) is 0. The minimum absolute atomic E-state index is 0.125. The smallest absolute Gasteiger partial charge is 0.0713 e. The molecule has 0 bridgehead atoms. The summed E-state index contributed by atoms with van der Waals surface area (Å²) < 4.78 is 0. The molecule has 0 aromatic heterocycles. The van der Waals surface area contributed by atoms with E-state index in [0.29, 0.717) is 0 Å². The van der Waals surface area contributed by atoms with Crippen molar-refractivity contribution in [2.24, 2.45) is 5.73 Å². The molecule has 4 N–H and O–H groups in total. The van der Waals surface area contributed by atoms with Gasteiger partial charge in [0.25, 0.3) is 0 Å². The minimum atomic E-state index is -0.540. The van der Waals surface area contributed by atoms with Crippen molar-refractivity contribution in [2.45, 2.75) is 122 Å². The van der Waals surface area contributed by atoms with Gasteiger partial charge in [0.15, 0.2) is 0 Å². The van der Waals surface area contributed by atoms with Gasteiger partial charge in [0, 0.05) is 0 Å². The van der Waals surface area contributed by atoms with E-state index in [2.05, 4.69) is 6.92 Å². The Morgan fingerprint density at radius 1 is 0.652 bits per heavy atom. The number of aliphatic hydroxyl groups is 2. The molecule has 0 saturated carbocycles. The number of hydrogen-bond donors (Lipinski definition) is 3. The van der Waals surface area contributed by atoms with Crippen LogP contribution in [-0.2, 0) is 0 Å². The van der Waals surface area contributed by atoms with Gasteiger partial charge < -0.3 is 15.9 Å². The lowest BCUT2D eigenvalue weighted by Crippen LogP contribution is -2.37. The minimum Gasteiger partial charge on any atom is -0.395 e. The molecule has 0 spiro atoms. The predicted octanol–water partition coefficient (Wildman–Crippen LogP) is 4.93. The second-order valence-corrected chi connectivity index (χ2v) is 7.15. The van der Waals surface area contributed by atoms with E-state index >= 15 is 0 Å². The molecular formula is C20H43NO2. The van der Waals surface area contributed by atoms with Gasteiger partial charge in [-0.25, -0.2) is 0 Å². The quantitative estimate of drug-likeness (QED) is 0.312. The topological polar surface area (TPSA) is 66.5 Å². The number of unbranched alkanes of at least 4 members (excludes halogenated alkanes) is 14. The van der Waals surface area contributed by atoms with Gasteiger partial charge in [-0.2, -0.15) is 0 Å². The molecule has 0 unspecified atom stereocenters. The monoisotopic (exact) mass is 329 g/mol. The lowest BCUT2D eigenvalue weighted by Gasteiger charge is -2.15. The second-order valence-electron chi connectivity index (χ2n) is 7.15. The van der Waals surface area contributed by atoms with Crippen LogP contribution in [0.1, 0.15) is 110 Å². The summed E-state index contributed by atoms with van der Waals surface area (Å²) >= 11 is 0. The first kappa shape index (κ1) is 22.9. The summed E-state index contributed by atoms with van der Waals surface area (Å²) in [6.45, 7) is 2.15. The Balaban J connectivity index is 3.08. The number of nitrogens with two attached hydrogens (primary N) is 1. The zero-order valence-electron chi connectivity index (χ0n) is 15.6. The Morgan fingerprint density at radius 3 is 1.35 bits per heavy atom. The normalized spacial score (nSPS) is 14.1. The van der Waals surface area contributed by atoms with Crippen LogP contribution in [0.4, 0.5) is 0 Å². The van der Waals surface area contributed by atoms with Crippen LogP contribution in [0.15, 0.2) is 0 Å². The molecule has 0 aliphatic heterocycles. The van der Waals surface area contributed by atoms with Gasteiger partial charge in [0.05, 0.1) is 18.8 Å². The summed E-state index contributed by atoms with van der Waals surface area (Å²) in [5.74, 6) is 0. The van der Waals surface area contributed by atoms with Gasteiger partial charge in [-0.05, 0) is 6.42 Å². The van der Waals surface area contributed by atoms with E-state index in [1.165, 1.54) is 89.9 Å². The highest BCUT2D eigenvalue weighted by Gasteiger charge is 2.12. The summed E-state index contributed by atoms with van der Waals surface area (Å²) in [6.07, 6.45) is 20.4. The van der Waals surface area contributed by atoms with E-state index < -0.39 is 12.1 Å². The number of rotatable bonds is 18. The third kappa shape index (κ3) is 16.5. The first-order valence-electron chi connectivity index (χ1n) is 10.3. The molecule has 2 atom stereocenters. The summed E-state index contributed by atoms with van der Waals surface area (Å²) in [5.41, 5.74) is 5.58. The first-order valence-corrected chi connectivity index (χ1v) is 10.3. The highest BCUT2D eigenvalue weighted by atomic mass is 16.3. The molecule has 0 rings (SSSR count). The van der Waals surface area contributed by atoms with Gasteiger partial charge in [-0.1, -0.05) is 103 Å². The van der Waals surface area contributed by atoms with E-state index in [1.807, 2.05) is 0 Å². The first-order chi connectivity index (χ1) is 11.2. The van der Waals surface area contributed by atoms with Gasteiger partial charge in [-0.3, -0.25) is 0 Å². The van der Waals surface area contributed by atoms with E-state index in [1.54, 1.807) is 0 Å². The van der Waals surface area contributed by atoms with Crippen LogP contribution in [0.25, 0.3) is 0 Å². The Morgan fingerprint density at radius 2 is 1.00 bits per heavy atom. The Labute approximate surface area is 145 Å². The fourth-order valence-corrected chi connectivity index (χ4v) is 3.06. The van der Waals surface area contributed by atoms with Crippen LogP contribution in [0, 0.1) is 0 Å². The van der Waals surface area contributed by atoms with Crippen molar-refractivity contribution >= 4 is 0 Å². The van der Waals surface area contributed by atoms with Crippen LogP contribution in [0.3, 0.4) is 0 Å². The Kier molecular flexibility index (Phi) is 18.1.